The van der Waals surface area contributed by atoms with E-state index in [2.05, 4.69) is 277 Å². The largest absolute Gasteiger partial charge is 0.494 e. The lowest BCUT2D eigenvalue weighted by Gasteiger charge is -2.37. The fourth-order valence-electron chi connectivity index (χ4n) is 11.9. The van der Waals surface area contributed by atoms with E-state index >= 15 is 0 Å². The fourth-order valence-corrected chi connectivity index (χ4v) is 11.9. The summed E-state index contributed by atoms with van der Waals surface area (Å²) in [7, 11) is -2.42. The first-order valence-corrected chi connectivity index (χ1v) is 33.7. The molecular formula is C78H100B4N2O8. The number of rotatable bonds is 20. The maximum atomic E-state index is 11.1. The lowest BCUT2D eigenvalue weighted by molar-refractivity contribution is -0.0281. The molecule has 0 bridgehead atoms. The van der Waals surface area contributed by atoms with Gasteiger partial charge in [0.1, 0.15) is 0 Å². The van der Waals surface area contributed by atoms with Crippen molar-refractivity contribution in [2.24, 2.45) is 5.92 Å². The van der Waals surface area contributed by atoms with Gasteiger partial charge in [0.15, 0.2) is 0 Å². The molecule has 0 aromatic heterocycles. The Labute approximate surface area is 553 Å². The van der Waals surface area contributed by atoms with Crippen molar-refractivity contribution in [2.45, 2.75) is 202 Å². The highest BCUT2D eigenvalue weighted by atomic mass is 16.7. The van der Waals surface area contributed by atoms with Gasteiger partial charge in [-0.1, -0.05) is 176 Å². The number of benzene rings is 4. The van der Waals surface area contributed by atoms with Crippen molar-refractivity contribution < 1.29 is 37.6 Å². The Kier molecular flexibility index (Phi) is 21.8. The quantitative estimate of drug-likeness (QED) is 0.0863. The Morgan fingerprint density at radius 1 is 0.500 bits per heavy atom. The minimum Gasteiger partial charge on any atom is -0.423 e. The third-order valence-corrected chi connectivity index (χ3v) is 20.6. The molecule has 3 aliphatic heterocycles. The molecule has 3 unspecified atom stereocenters. The molecule has 482 valence electrons. The summed E-state index contributed by atoms with van der Waals surface area (Å²) in [6.07, 6.45) is 40.3. The lowest BCUT2D eigenvalue weighted by Crippen LogP contribution is -2.46. The van der Waals surface area contributed by atoms with Crippen LogP contribution in [0.3, 0.4) is 0 Å². The number of nitrogens with zero attached hydrogens (tertiary/aromatic N) is 2. The van der Waals surface area contributed by atoms with Crippen molar-refractivity contribution in [3.63, 3.8) is 0 Å². The van der Waals surface area contributed by atoms with Crippen LogP contribution in [-0.4, -0.2) is 72.7 Å². The van der Waals surface area contributed by atoms with Crippen LogP contribution in [0, 0.1) is 5.92 Å². The number of hydrogen-bond donors (Lipinski definition) is 1. The van der Waals surface area contributed by atoms with Gasteiger partial charge >= 0.3 is 28.5 Å². The van der Waals surface area contributed by atoms with Crippen LogP contribution in [0.25, 0.3) is 6.08 Å². The van der Waals surface area contributed by atoms with Gasteiger partial charge < -0.3 is 47.4 Å². The van der Waals surface area contributed by atoms with Gasteiger partial charge in [-0.15, -0.1) is 0 Å². The van der Waals surface area contributed by atoms with Crippen LogP contribution >= 0.6 is 0 Å². The normalized spacial score (nSPS) is 23.5. The molecule has 4 aromatic rings. The van der Waals surface area contributed by atoms with E-state index in [0.29, 0.717) is 11.9 Å². The second-order valence-electron chi connectivity index (χ2n) is 27.8. The van der Waals surface area contributed by atoms with Crippen LogP contribution in [-0.2, 0) is 32.6 Å². The molecule has 4 aromatic carbocycles. The van der Waals surface area contributed by atoms with Gasteiger partial charge in [-0.05, 0) is 225 Å². The maximum Gasteiger partial charge on any atom is 0.494 e. The molecule has 3 saturated heterocycles. The highest BCUT2D eigenvalue weighted by Crippen LogP contribution is 2.45. The molecular weight excluding hydrogens is 1140 g/mol. The standard InChI is InChI=1S/C76H94B4N2O8.C2H6/c1-17-74(14)73(12,13)87-79(88-74)63-43-53-68(54-44-63)81(65-28-22-26-61(40-50-65)80-89-75(15,18-2)76(16,19-3)90-80)64-27-21-25-58(35-45-64)32-31-56-23-20-24-57(30-29-56)33-34-59-36-46-66(47-37-59)82(67-48-38-60(39-49-67)77(83)84-70(6,7)55(4)5)69-51-41-62(42-52-69)78-85-71(8,9)72(10,11)86-78;1-2/h20-23,26-27,29-55,83H,17-19,24-25,28H2,1-16H3;1-2H3/b32-31+,34-33+;. The number of anilines is 4. The molecule has 14 heteroatoms. The minimum absolute atomic E-state index is 0.226. The van der Waals surface area contributed by atoms with Gasteiger partial charge in [0.25, 0.3) is 0 Å². The summed E-state index contributed by atoms with van der Waals surface area (Å²) >= 11 is 0. The molecule has 10 nitrogen and oxygen atoms in total. The Morgan fingerprint density at radius 2 is 0.957 bits per heavy atom. The minimum atomic E-state index is -1.05. The summed E-state index contributed by atoms with van der Waals surface area (Å²) in [5, 5.41) is 11.1. The topological polar surface area (TPSA) is 91.3 Å². The molecule has 92 heavy (non-hydrogen) atoms. The summed E-state index contributed by atoms with van der Waals surface area (Å²) in [5.41, 5.74) is 11.4. The number of allylic oxidation sites excluding steroid dienone is 19. The third-order valence-electron chi connectivity index (χ3n) is 20.6. The van der Waals surface area contributed by atoms with E-state index in [0.717, 1.165) is 93.8 Å². The summed E-state index contributed by atoms with van der Waals surface area (Å²) in [5.74, 6) is 0.226. The molecule has 3 heterocycles. The lowest BCUT2D eigenvalue weighted by atomic mass is 9.77. The van der Waals surface area contributed by atoms with Crippen molar-refractivity contribution in [1.82, 2.24) is 0 Å². The fraction of sp³-hybridized carbons (Fsp3) is 0.410. The summed E-state index contributed by atoms with van der Waals surface area (Å²) in [4.78, 5) is 4.58. The van der Waals surface area contributed by atoms with Gasteiger partial charge in [0.2, 0.25) is 0 Å². The van der Waals surface area contributed by atoms with Crippen molar-refractivity contribution in [2.75, 3.05) is 9.80 Å². The van der Waals surface area contributed by atoms with E-state index in [4.69, 9.17) is 32.6 Å². The van der Waals surface area contributed by atoms with Gasteiger partial charge in [-0.2, -0.15) is 0 Å². The molecule has 0 amide bonds. The predicted molar refractivity (Wildman–Crippen MR) is 388 cm³/mol. The summed E-state index contributed by atoms with van der Waals surface area (Å²) in [6, 6.07) is 33.6. The molecule has 3 atom stereocenters. The van der Waals surface area contributed by atoms with Gasteiger partial charge in [0.05, 0.1) is 39.2 Å². The summed E-state index contributed by atoms with van der Waals surface area (Å²) < 4.78 is 45.5. The molecule has 0 spiro atoms. The van der Waals surface area contributed by atoms with Crippen molar-refractivity contribution in [3.8, 4) is 0 Å². The van der Waals surface area contributed by atoms with Crippen molar-refractivity contribution >= 4 is 73.7 Å². The van der Waals surface area contributed by atoms with E-state index in [1.54, 1.807) is 0 Å². The Balaban J connectivity index is 0.00000495. The second kappa shape index (κ2) is 28.6. The molecule has 3 aliphatic carbocycles. The van der Waals surface area contributed by atoms with Crippen LogP contribution < -0.4 is 26.2 Å². The molecule has 1 N–H and O–H groups in total. The van der Waals surface area contributed by atoms with Crippen LogP contribution in [0.2, 0.25) is 0 Å². The Hall–Kier alpha value is -6.44. The average Bonchev–Trinajstić information content (AvgIpc) is 1.64. The van der Waals surface area contributed by atoms with E-state index in [9.17, 15) is 5.02 Å². The predicted octanol–water partition coefficient (Wildman–Crippen LogP) is 17.2. The van der Waals surface area contributed by atoms with E-state index < -0.39 is 56.5 Å². The summed E-state index contributed by atoms with van der Waals surface area (Å²) in [6.45, 7) is 37.8. The van der Waals surface area contributed by atoms with Gasteiger partial charge in [-0.3, -0.25) is 0 Å². The monoisotopic (exact) mass is 1240 g/mol. The zero-order valence-electron chi connectivity index (χ0n) is 58.3. The molecule has 0 radical (unpaired) electrons. The van der Waals surface area contributed by atoms with E-state index in [-0.39, 0.29) is 17.1 Å². The smallest absolute Gasteiger partial charge is 0.423 e. The van der Waals surface area contributed by atoms with Crippen molar-refractivity contribution in [3.05, 3.63) is 227 Å². The third kappa shape index (κ3) is 15.2. The zero-order chi connectivity index (χ0) is 66.4. The van der Waals surface area contributed by atoms with E-state index in [1.807, 2.05) is 52.0 Å². The van der Waals surface area contributed by atoms with Crippen LogP contribution in [0.15, 0.2) is 222 Å². The first-order chi connectivity index (χ1) is 43.7. The highest BCUT2D eigenvalue weighted by Gasteiger charge is 2.56. The molecule has 10 rings (SSSR count). The second-order valence-corrected chi connectivity index (χ2v) is 27.8. The van der Waals surface area contributed by atoms with Crippen LogP contribution in [0.1, 0.15) is 169 Å². The van der Waals surface area contributed by atoms with Crippen LogP contribution in [0.4, 0.5) is 22.7 Å². The maximum absolute atomic E-state index is 11.1. The van der Waals surface area contributed by atoms with Crippen molar-refractivity contribution in [1.29, 1.82) is 0 Å². The number of hydrogen-bond acceptors (Lipinski definition) is 10. The van der Waals surface area contributed by atoms with E-state index in [1.165, 1.54) is 11.1 Å². The van der Waals surface area contributed by atoms with Crippen LogP contribution in [0.5, 0.6) is 0 Å². The molecule has 3 fully saturated rings. The molecule has 0 saturated carbocycles. The van der Waals surface area contributed by atoms with Gasteiger partial charge in [-0.25, -0.2) is 0 Å². The zero-order valence-corrected chi connectivity index (χ0v) is 58.3. The average molecular weight is 1240 g/mol. The SMILES string of the molecule is CC.CCC1(C)OB(c2ccc(N(C3=CC=C(/C=C/C4=CC=C(/C=C/c5ccc(N(c6ccc(B(O)OC(C)(C)C(C)C)cc6)c6ccc(B7OC(C)(C)C(C)(C)O7)cc6)cc5)CC=C4)CC=C3)C3=CC=C(B4OC(C)(CC)C(C)(CC)O4)C=CC3)cc2)OC1(C)C. The molecule has 6 aliphatic rings. The Morgan fingerprint density at radius 3 is 1.49 bits per heavy atom. The first kappa shape index (κ1) is 69.9. The first-order valence-electron chi connectivity index (χ1n) is 33.7. The Bertz CT molecular complexity index is 3560. The van der Waals surface area contributed by atoms with Gasteiger partial charge in [0, 0.05) is 40.6 Å². The highest BCUT2D eigenvalue weighted by molar-refractivity contribution is 6.62.